The molecule has 0 aromatic heterocycles. The first-order chi connectivity index (χ1) is 13.8. The number of benzene rings is 1. The van der Waals surface area contributed by atoms with Gasteiger partial charge in [-0.05, 0) is 44.0 Å². The summed E-state index contributed by atoms with van der Waals surface area (Å²) in [5.74, 6) is 0.865. The monoisotopic (exact) mass is 518 g/mol. The van der Waals surface area contributed by atoms with E-state index in [-0.39, 0.29) is 30.1 Å². The Hall–Kier alpha value is -0.900. The van der Waals surface area contributed by atoms with Crippen LogP contribution in [-0.4, -0.2) is 63.0 Å². The SMILES string of the molecule is CCNC(=NCc1ccccc1CN(CC)CC)NCCCOC1CCOC1.I. The molecule has 166 valence electrons. The van der Waals surface area contributed by atoms with Gasteiger partial charge in [-0.3, -0.25) is 4.90 Å². The molecule has 7 heteroatoms. The topological polar surface area (TPSA) is 58.1 Å². The van der Waals surface area contributed by atoms with Gasteiger partial charge in [-0.2, -0.15) is 0 Å². The van der Waals surface area contributed by atoms with Crippen molar-refractivity contribution in [3.05, 3.63) is 35.4 Å². The lowest BCUT2D eigenvalue weighted by Crippen LogP contribution is -2.38. The molecule has 1 aliphatic rings. The Morgan fingerprint density at radius 2 is 1.93 bits per heavy atom. The minimum Gasteiger partial charge on any atom is -0.379 e. The number of nitrogens with zero attached hydrogens (tertiary/aromatic N) is 2. The van der Waals surface area contributed by atoms with E-state index in [1.807, 2.05) is 0 Å². The van der Waals surface area contributed by atoms with Crippen molar-refractivity contribution in [2.45, 2.75) is 52.8 Å². The van der Waals surface area contributed by atoms with E-state index in [0.29, 0.717) is 6.54 Å². The van der Waals surface area contributed by atoms with Crippen LogP contribution in [0.25, 0.3) is 0 Å². The van der Waals surface area contributed by atoms with Gasteiger partial charge < -0.3 is 20.1 Å². The lowest BCUT2D eigenvalue weighted by atomic mass is 10.1. The van der Waals surface area contributed by atoms with Crippen molar-refractivity contribution in [1.29, 1.82) is 0 Å². The summed E-state index contributed by atoms with van der Waals surface area (Å²) in [5, 5.41) is 6.75. The maximum atomic E-state index is 5.82. The number of hydrogen-bond acceptors (Lipinski definition) is 4. The fourth-order valence-electron chi connectivity index (χ4n) is 3.23. The Labute approximate surface area is 193 Å². The molecule has 1 atom stereocenters. The fraction of sp³-hybridized carbons (Fsp3) is 0.682. The summed E-state index contributed by atoms with van der Waals surface area (Å²) in [5.41, 5.74) is 2.65. The van der Waals surface area contributed by atoms with Crippen LogP contribution in [0.1, 0.15) is 44.7 Å². The summed E-state index contributed by atoms with van der Waals surface area (Å²) in [6.07, 6.45) is 2.26. The highest BCUT2D eigenvalue weighted by Gasteiger charge is 2.15. The Morgan fingerprint density at radius 3 is 2.59 bits per heavy atom. The molecule has 1 aromatic carbocycles. The molecule has 0 radical (unpaired) electrons. The van der Waals surface area contributed by atoms with Gasteiger partial charge in [0.1, 0.15) is 0 Å². The second-order valence-electron chi connectivity index (χ2n) is 7.06. The molecule has 0 amide bonds. The van der Waals surface area contributed by atoms with Crippen LogP contribution in [0, 0.1) is 0 Å². The van der Waals surface area contributed by atoms with Crippen molar-refractivity contribution in [2.24, 2.45) is 4.99 Å². The van der Waals surface area contributed by atoms with Gasteiger partial charge in [0.25, 0.3) is 0 Å². The zero-order valence-corrected chi connectivity index (χ0v) is 20.6. The Bertz CT molecular complexity index is 576. The number of hydrogen-bond donors (Lipinski definition) is 2. The second-order valence-corrected chi connectivity index (χ2v) is 7.06. The molecule has 0 spiro atoms. The smallest absolute Gasteiger partial charge is 0.191 e. The van der Waals surface area contributed by atoms with Crippen molar-refractivity contribution in [2.75, 3.05) is 46.0 Å². The first kappa shape index (κ1) is 26.1. The molecular weight excluding hydrogens is 479 g/mol. The maximum Gasteiger partial charge on any atom is 0.191 e. The van der Waals surface area contributed by atoms with Crippen molar-refractivity contribution in [1.82, 2.24) is 15.5 Å². The zero-order valence-electron chi connectivity index (χ0n) is 18.3. The maximum absolute atomic E-state index is 5.82. The number of guanidine groups is 1. The predicted molar refractivity (Wildman–Crippen MR) is 131 cm³/mol. The standard InChI is InChI=1S/C22H38N4O2.HI/c1-4-23-22(24-13-9-14-28-21-12-15-27-18-21)25-16-19-10-7-8-11-20(19)17-26(5-2)6-3;/h7-8,10-11,21H,4-6,9,12-18H2,1-3H3,(H2,23,24,25);1H. The van der Waals surface area contributed by atoms with Gasteiger partial charge in [0.15, 0.2) is 5.96 Å². The number of rotatable bonds is 12. The Morgan fingerprint density at radius 1 is 1.17 bits per heavy atom. The summed E-state index contributed by atoms with van der Waals surface area (Å²) in [6.45, 7) is 14.3. The number of halogens is 1. The van der Waals surface area contributed by atoms with Crippen LogP contribution in [0.2, 0.25) is 0 Å². The molecule has 29 heavy (non-hydrogen) atoms. The predicted octanol–water partition coefficient (Wildman–Crippen LogP) is 3.40. The van der Waals surface area contributed by atoms with Crippen LogP contribution in [-0.2, 0) is 22.6 Å². The van der Waals surface area contributed by atoms with Crippen LogP contribution < -0.4 is 10.6 Å². The first-order valence-electron chi connectivity index (χ1n) is 10.8. The van der Waals surface area contributed by atoms with Gasteiger partial charge in [0, 0.05) is 32.8 Å². The molecule has 0 saturated carbocycles. The van der Waals surface area contributed by atoms with Gasteiger partial charge >= 0.3 is 0 Å². The molecular formula is C22H39IN4O2. The lowest BCUT2D eigenvalue weighted by Gasteiger charge is -2.20. The molecule has 1 saturated heterocycles. The van der Waals surface area contributed by atoms with Gasteiger partial charge in [-0.1, -0.05) is 38.1 Å². The molecule has 6 nitrogen and oxygen atoms in total. The summed E-state index contributed by atoms with van der Waals surface area (Å²) in [7, 11) is 0. The van der Waals surface area contributed by atoms with Crippen molar-refractivity contribution >= 4 is 29.9 Å². The number of nitrogens with one attached hydrogen (secondary N) is 2. The minimum atomic E-state index is 0. The minimum absolute atomic E-state index is 0. The van der Waals surface area contributed by atoms with E-state index in [2.05, 4.69) is 60.6 Å². The van der Waals surface area contributed by atoms with E-state index < -0.39 is 0 Å². The molecule has 1 fully saturated rings. The van der Waals surface area contributed by atoms with Crippen LogP contribution >= 0.6 is 24.0 Å². The normalized spacial score (nSPS) is 16.7. The number of ether oxygens (including phenoxy) is 2. The van der Waals surface area contributed by atoms with Gasteiger partial charge in [-0.25, -0.2) is 4.99 Å². The molecule has 1 heterocycles. The van der Waals surface area contributed by atoms with Crippen molar-refractivity contribution < 1.29 is 9.47 Å². The average Bonchev–Trinajstić information content (AvgIpc) is 3.24. The van der Waals surface area contributed by atoms with E-state index in [9.17, 15) is 0 Å². The van der Waals surface area contributed by atoms with Crippen molar-refractivity contribution in [3.8, 4) is 0 Å². The quantitative estimate of drug-likeness (QED) is 0.192. The molecule has 1 aliphatic heterocycles. The highest BCUT2D eigenvalue weighted by molar-refractivity contribution is 14.0. The molecule has 0 bridgehead atoms. The first-order valence-corrected chi connectivity index (χ1v) is 10.8. The third-order valence-electron chi connectivity index (χ3n) is 5.01. The third kappa shape index (κ3) is 10.1. The largest absolute Gasteiger partial charge is 0.379 e. The van der Waals surface area contributed by atoms with E-state index in [1.165, 1.54) is 11.1 Å². The summed E-state index contributed by atoms with van der Waals surface area (Å²) in [6, 6.07) is 8.61. The lowest BCUT2D eigenvalue weighted by molar-refractivity contribution is 0.0420. The van der Waals surface area contributed by atoms with E-state index >= 15 is 0 Å². The fourth-order valence-corrected chi connectivity index (χ4v) is 3.23. The van der Waals surface area contributed by atoms with Crippen LogP contribution in [0.15, 0.2) is 29.3 Å². The molecule has 2 rings (SSSR count). The van der Waals surface area contributed by atoms with Gasteiger partial charge in [-0.15, -0.1) is 24.0 Å². The molecule has 1 unspecified atom stereocenters. The van der Waals surface area contributed by atoms with E-state index in [1.54, 1.807) is 0 Å². The van der Waals surface area contributed by atoms with Crippen molar-refractivity contribution in [3.63, 3.8) is 0 Å². The van der Waals surface area contributed by atoms with E-state index in [0.717, 1.165) is 71.3 Å². The highest BCUT2D eigenvalue weighted by atomic mass is 127. The molecule has 0 aliphatic carbocycles. The van der Waals surface area contributed by atoms with Gasteiger partial charge in [0.2, 0.25) is 0 Å². The zero-order chi connectivity index (χ0) is 20.0. The van der Waals surface area contributed by atoms with Crippen LogP contribution in [0.4, 0.5) is 0 Å². The summed E-state index contributed by atoms with van der Waals surface area (Å²) < 4.78 is 11.2. The Kier molecular flexibility index (Phi) is 14.3. The summed E-state index contributed by atoms with van der Waals surface area (Å²) >= 11 is 0. The van der Waals surface area contributed by atoms with E-state index in [4.69, 9.17) is 14.5 Å². The second kappa shape index (κ2) is 15.9. The van der Waals surface area contributed by atoms with Crippen LogP contribution in [0.3, 0.4) is 0 Å². The average molecular weight is 518 g/mol. The van der Waals surface area contributed by atoms with Gasteiger partial charge in [0.05, 0.1) is 19.3 Å². The summed E-state index contributed by atoms with van der Waals surface area (Å²) in [4.78, 5) is 7.23. The Balaban J connectivity index is 0.00000420. The third-order valence-corrected chi connectivity index (χ3v) is 5.01. The molecule has 2 N–H and O–H groups in total. The highest BCUT2D eigenvalue weighted by Crippen LogP contribution is 2.13. The van der Waals surface area contributed by atoms with Crippen LogP contribution in [0.5, 0.6) is 0 Å². The number of aliphatic imine (C=N–C) groups is 1. The molecule has 1 aromatic rings.